The zero-order chi connectivity index (χ0) is 15.0. The van der Waals surface area contributed by atoms with Gasteiger partial charge in [0.05, 0.1) is 16.5 Å². The Labute approximate surface area is 123 Å². The van der Waals surface area contributed by atoms with Crippen LogP contribution in [0.5, 0.6) is 0 Å². The SMILES string of the molecule is O=C(O)c1ccc2c3sccc3c(=O)n(CCCO)c2c1. The molecule has 0 aliphatic heterocycles. The molecule has 0 unspecified atom stereocenters. The van der Waals surface area contributed by atoms with Gasteiger partial charge in [0, 0.05) is 23.2 Å². The Balaban J connectivity index is 2.41. The number of aromatic carboxylic acids is 1. The summed E-state index contributed by atoms with van der Waals surface area (Å²) in [5.74, 6) is -1.02. The largest absolute Gasteiger partial charge is 0.478 e. The number of carboxylic acids is 1. The fourth-order valence-electron chi connectivity index (χ4n) is 2.47. The smallest absolute Gasteiger partial charge is 0.335 e. The number of aliphatic hydroxyl groups excluding tert-OH is 1. The van der Waals surface area contributed by atoms with Crippen LogP contribution in [0.2, 0.25) is 0 Å². The summed E-state index contributed by atoms with van der Waals surface area (Å²) in [6.07, 6.45) is 0.446. The lowest BCUT2D eigenvalue weighted by Gasteiger charge is -2.11. The topological polar surface area (TPSA) is 79.5 Å². The van der Waals surface area contributed by atoms with Crippen LogP contribution in [0.1, 0.15) is 16.8 Å². The van der Waals surface area contributed by atoms with Crippen molar-refractivity contribution in [3.63, 3.8) is 0 Å². The van der Waals surface area contributed by atoms with Gasteiger partial charge in [0.2, 0.25) is 0 Å². The van der Waals surface area contributed by atoms with Crippen LogP contribution in [-0.2, 0) is 6.54 Å². The Hall–Kier alpha value is -2.18. The van der Waals surface area contributed by atoms with Gasteiger partial charge in [-0.05, 0) is 30.0 Å². The lowest BCUT2D eigenvalue weighted by molar-refractivity contribution is 0.0697. The van der Waals surface area contributed by atoms with Crippen LogP contribution >= 0.6 is 11.3 Å². The predicted octanol–water partition coefficient (Wildman–Crippen LogP) is 2.30. The molecule has 2 heterocycles. The van der Waals surface area contributed by atoms with Crippen molar-refractivity contribution in [3.05, 3.63) is 45.6 Å². The number of aryl methyl sites for hydroxylation is 1. The minimum Gasteiger partial charge on any atom is -0.478 e. The number of thiophene rings is 1. The van der Waals surface area contributed by atoms with E-state index >= 15 is 0 Å². The number of carbonyl (C=O) groups is 1. The second-order valence-electron chi connectivity index (χ2n) is 4.73. The number of pyridine rings is 1. The highest BCUT2D eigenvalue weighted by atomic mass is 32.1. The predicted molar refractivity (Wildman–Crippen MR) is 82.3 cm³/mol. The zero-order valence-corrected chi connectivity index (χ0v) is 11.9. The molecule has 0 saturated heterocycles. The van der Waals surface area contributed by atoms with E-state index in [4.69, 9.17) is 10.2 Å². The molecule has 0 radical (unpaired) electrons. The third kappa shape index (κ3) is 2.22. The van der Waals surface area contributed by atoms with Gasteiger partial charge in [0.1, 0.15) is 0 Å². The first-order chi connectivity index (χ1) is 10.1. The molecule has 0 amide bonds. The Morgan fingerprint density at radius 1 is 1.24 bits per heavy atom. The first kappa shape index (κ1) is 13.8. The van der Waals surface area contributed by atoms with Gasteiger partial charge >= 0.3 is 5.97 Å². The maximum absolute atomic E-state index is 12.5. The maximum atomic E-state index is 12.5. The van der Waals surface area contributed by atoms with E-state index in [0.29, 0.717) is 23.9 Å². The van der Waals surface area contributed by atoms with Crippen LogP contribution in [0.3, 0.4) is 0 Å². The first-order valence-electron chi connectivity index (χ1n) is 6.51. The molecule has 0 aliphatic carbocycles. The first-order valence-corrected chi connectivity index (χ1v) is 7.39. The monoisotopic (exact) mass is 303 g/mol. The summed E-state index contributed by atoms with van der Waals surface area (Å²) in [6.45, 7) is 0.342. The van der Waals surface area contributed by atoms with E-state index in [1.807, 2.05) is 5.38 Å². The number of fused-ring (bicyclic) bond motifs is 3. The lowest BCUT2D eigenvalue weighted by atomic mass is 10.1. The number of hydrogen-bond donors (Lipinski definition) is 2. The van der Waals surface area contributed by atoms with E-state index in [9.17, 15) is 9.59 Å². The summed E-state index contributed by atoms with van der Waals surface area (Å²) in [4.78, 5) is 23.7. The van der Waals surface area contributed by atoms with Gasteiger partial charge < -0.3 is 14.8 Å². The molecule has 0 aliphatic rings. The van der Waals surface area contributed by atoms with Crippen LogP contribution in [-0.4, -0.2) is 27.4 Å². The summed E-state index contributed by atoms with van der Waals surface area (Å²) in [6, 6.07) is 6.59. The second-order valence-corrected chi connectivity index (χ2v) is 5.65. The van der Waals surface area contributed by atoms with Crippen LogP contribution in [0.15, 0.2) is 34.4 Å². The molecule has 3 aromatic rings. The molecule has 0 spiro atoms. The van der Waals surface area contributed by atoms with Gasteiger partial charge in [-0.1, -0.05) is 6.07 Å². The fraction of sp³-hybridized carbons (Fsp3) is 0.200. The van der Waals surface area contributed by atoms with E-state index in [2.05, 4.69) is 0 Å². The van der Waals surface area contributed by atoms with E-state index in [0.717, 1.165) is 10.1 Å². The number of aromatic nitrogens is 1. The Bertz CT molecular complexity index is 894. The zero-order valence-electron chi connectivity index (χ0n) is 11.1. The van der Waals surface area contributed by atoms with Crippen molar-refractivity contribution >= 4 is 38.3 Å². The van der Waals surface area contributed by atoms with Gasteiger partial charge in [-0.2, -0.15) is 0 Å². The highest BCUT2D eigenvalue weighted by Crippen LogP contribution is 2.28. The molecule has 21 heavy (non-hydrogen) atoms. The Kier molecular flexibility index (Phi) is 3.48. The van der Waals surface area contributed by atoms with Crippen molar-refractivity contribution < 1.29 is 15.0 Å². The van der Waals surface area contributed by atoms with Crippen LogP contribution < -0.4 is 5.56 Å². The summed E-state index contributed by atoms with van der Waals surface area (Å²) >= 11 is 1.47. The average Bonchev–Trinajstić information content (AvgIpc) is 2.96. The second kappa shape index (κ2) is 5.31. The molecule has 6 heteroatoms. The van der Waals surface area contributed by atoms with Crippen molar-refractivity contribution in [2.24, 2.45) is 0 Å². The van der Waals surface area contributed by atoms with Gasteiger partial charge in [-0.3, -0.25) is 4.79 Å². The highest BCUT2D eigenvalue weighted by Gasteiger charge is 2.13. The van der Waals surface area contributed by atoms with E-state index in [-0.39, 0.29) is 17.7 Å². The summed E-state index contributed by atoms with van der Waals surface area (Å²) < 4.78 is 2.42. The highest BCUT2D eigenvalue weighted by molar-refractivity contribution is 7.18. The Morgan fingerprint density at radius 3 is 2.76 bits per heavy atom. The number of aliphatic hydroxyl groups is 1. The molecule has 0 saturated carbocycles. The third-order valence-electron chi connectivity index (χ3n) is 3.46. The molecule has 5 nitrogen and oxygen atoms in total. The van der Waals surface area contributed by atoms with Crippen molar-refractivity contribution in [1.29, 1.82) is 0 Å². The van der Waals surface area contributed by atoms with Gasteiger partial charge in [0.25, 0.3) is 5.56 Å². The molecule has 2 N–H and O–H groups in total. The lowest BCUT2D eigenvalue weighted by Crippen LogP contribution is -2.21. The molecule has 0 bridgehead atoms. The van der Waals surface area contributed by atoms with Crippen LogP contribution in [0.25, 0.3) is 21.0 Å². The van der Waals surface area contributed by atoms with Gasteiger partial charge in [-0.15, -0.1) is 11.3 Å². The third-order valence-corrected chi connectivity index (χ3v) is 4.41. The van der Waals surface area contributed by atoms with Gasteiger partial charge in [0.15, 0.2) is 0 Å². The summed E-state index contributed by atoms with van der Waals surface area (Å²) in [5.41, 5.74) is 0.605. The normalized spacial score (nSPS) is 11.3. The van der Waals surface area contributed by atoms with Crippen LogP contribution in [0.4, 0.5) is 0 Å². The van der Waals surface area contributed by atoms with Gasteiger partial charge in [-0.25, -0.2) is 4.79 Å². The minimum absolute atomic E-state index is 0.0196. The molecule has 1 aromatic carbocycles. The van der Waals surface area contributed by atoms with Crippen LogP contribution in [0, 0.1) is 0 Å². The standard InChI is InChI=1S/C15H13NO4S/c17-6-1-5-16-12-8-9(15(19)20)2-3-10(12)13-11(14(16)18)4-7-21-13/h2-4,7-8,17H,1,5-6H2,(H,19,20). The van der Waals surface area contributed by atoms with Crippen molar-refractivity contribution in [2.75, 3.05) is 6.61 Å². The summed E-state index contributed by atoms with van der Waals surface area (Å²) in [5, 5.41) is 21.5. The maximum Gasteiger partial charge on any atom is 0.335 e. The van der Waals surface area contributed by atoms with Crippen molar-refractivity contribution in [2.45, 2.75) is 13.0 Å². The van der Waals surface area contributed by atoms with E-state index in [1.54, 1.807) is 22.8 Å². The molecule has 3 rings (SSSR count). The van der Waals surface area contributed by atoms with Crippen molar-refractivity contribution in [3.8, 4) is 0 Å². The van der Waals surface area contributed by atoms with Crippen molar-refractivity contribution in [1.82, 2.24) is 4.57 Å². The number of rotatable bonds is 4. The molecule has 108 valence electrons. The molecule has 0 fully saturated rings. The van der Waals surface area contributed by atoms with E-state index in [1.165, 1.54) is 17.4 Å². The molecule has 2 aromatic heterocycles. The number of hydrogen-bond acceptors (Lipinski definition) is 4. The number of benzene rings is 1. The van der Waals surface area contributed by atoms with E-state index < -0.39 is 5.97 Å². The average molecular weight is 303 g/mol. The Morgan fingerprint density at radius 2 is 2.05 bits per heavy atom. The quantitative estimate of drug-likeness (QED) is 0.775. The fourth-order valence-corrected chi connectivity index (χ4v) is 3.39. The number of nitrogens with zero attached hydrogens (tertiary/aromatic N) is 1. The summed E-state index contributed by atoms with van der Waals surface area (Å²) in [7, 11) is 0. The molecule has 0 atom stereocenters. The molecular formula is C15H13NO4S. The minimum atomic E-state index is -1.02. The number of carboxylic acid groups (broad SMARTS) is 1. The molecular weight excluding hydrogens is 290 g/mol.